The van der Waals surface area contributed by atoms with Crippen LogP contribution in [0.25, 0.3) is 0 Å². The van der Waals surface area contributed by atoms with Gasteiger partial charge in [-0.15, -0.1) is 0 Å². The van der Waals surface area contributed by atoms with Gasteiger partial charge in [0.25, 0.3) is 0 Å². The Hall–Kier alpha value is -1.02. The summed E-state index contributed by atoms with van der Waals surface area (Å²) in [4.78, 5) is 9.02. The molecular weight excluding hydrogens is 188 g/mol. The maximum Gasteiger partial charge on any atom is 0.164 e. The molecule has 78 valence electrons. The van der Waals surface area contributed by atoms with Crippen molar-refractivity contribution < 1.29 is 20.1 Å². The van der Waals surface area contributed by atoms with Gasteiger partial charge in [-0.2, -0.15) is 10.5 Å². The van der Waals surface area contributed by atoms with Crippen LogP contribution in [0.3, 0.4) is 0 Å². The van der Waals surface area contributed by atoms with E-state index in [1.54, 1.807) is 0 Å². The van der Waals surface area contributed by atoms with Crippen molar-refractivity contribution in [1.29, 1.82) is 0 Å². The maximum absolute atomic E-state index is 11.0. The summed E-state index contributed by atoms with van der Waals surface area (Å²) in [5.41, 5.74) is 0.806. The highest BCUT2D eigenvalue weighted by molar-refractivity contribution is 5.39. The van der Waals surface area contributed by atoms with Crippen LogP contribution in [0, 0.1) is 10.4 Å². The van der Waals surface area contributed by atoms with Crippen LogP contribution in [-0.2, 0) is 9.68 Å². The van der Waals surface area contributed by atoms with E-state index >= 15 is 0 Å². The molecule has 1 rings (SSSR count). The van der Waals surface area contributed by atoms with Crippen molar-refractivity contribution in [3.63, 3.8) is 0 Å². The van der Waals surface area contributed by atoms with Crippen molar-refractivity contribution in [2.24, 2.45) is 0 Å². The average molecular weight is 200 g/mol. The lowest BCUT2D eigenvalue weighted by Crippen LogP contribution is -3.01. The number of hydrogen-bond donors (Lipinski definition) is 2. The van der Waals surface area contributed by atoms with E-state index in [1.165, 1.54) is 38.5 Å². The number of nitrogens with one attached hydrogen (secondary N) is 2. The lowest BCUT2D eigenvalue weighted by molar-refractivity contribution is -0.994. The van der Waals surface area contributed by atoms with Gasteiger partial charge in [0, 0.05) is 24.3 Å². The minimum atomic E-state index is -0.429. The fraction of sp³-hybridized carbons (Fsp3) is 0.250. The van der Waals surface area contributed by atoms with Gasteiger partial charge < -0.3 is 10.4 Å². The molecule has 14 heavy (non-hydrogen) atoms. The second-order valence-electron chi connectivity index (χ2n) is 2.56. The van der Waals surface area contributed by atoms with Gasteiger partial charge in [-0.25, -0.2) is 9.68 Å². The standard InChI is InChI=1S/C8H12N2O4/c1-13-9(11)7-3-5-8(6-4-7)10(12)14-2/h3-6,9-10H,1-2H3. The molecule has 0 aliphatic heterocycles. The molecule has 2 unspecified atom stereocenters. The molecule has 0 saturated heterocycles. The predicted molar refractivity (Wildman–Crippen MR) is 48.4 cm³/mol. The number of rotatable bonds is 4. The van der Waals surface area contributed by atoms with E-state index < -0.39 is 10.5 Å². The van der Waals surface area contributed by atoms with Gasteiger partial charge in [-0.05, 0) is 0 Å². The molecule has 0 aliphatic rings. The molecule has 0 amide bonds. The van der Waals surface area contributed by atoms with Gasteiger partial charge >= 0.3 is 0 Å². The zero-order valence-electron chi connectivity index (χ0n) is 7.94. The SMILES string of the molecule is CO[NH+]([O-])c1ccc([NH+]([O-])OC)cc1. The van der Waals surface area contributed by atoms with E-state index in [2.05, 4.69) is 9.68 Å². The van der Waals surface area contributed by atoms with Gasteiger partial charge in [0.05, 0.1) is 14.2 Å². The van der Waals surface area contributed by atoms with E-state index in [9.17, 15) is 10.4 Å². The van der Waals surface area contributed by atoms with Gasteiger partial charge in [-0.1, -0.05) is 0 Å². The van der Waals surface area contributed by atoms with Crippen LogP contribution in [0.4, 0.5) is 11.4 Å². The Morgan fingerprint density at radius 1 is 0.857 bits per heavy atom. The summed E-state index contributed by atoms with van der Waals surface area (Å²) in [5.74, 6) is 0. The molecule has 1 aromatic rings. The summed E-state index contributed by atoms with van der Waals surface area (Å²) in [6.07, 6.45) is 0. The Morgan fingerprint density at radius 3 is 1.36 bits per heavy atom. The molecule has 2 N–H and O–H groups in total. The molecule has 0 radical (unpaired) electrons. The molecule has 0 heterocycles. The molecule has 0 aromatic heterocycles. The van der Waals surface area contributed by atoms with Gasteiger partial charge in [0.1, 0.15) is 0 Å². The van der Waals surface area contributed by atoms with Crippen molar-refractivity contribution in [3.05, 3.63) is 34.7 Å². The second-order valence-corrected chi connectivity index (χ2v) is 2.56. The van der Waals surface area contributed by atoms with Crippen LogP contribution in [-0.4, -0.2) is 14.2 Å². The third kappa shape index (κ3) is 2.48. The summed E-state index contributed by atoms with van der Waals surface area (Å²) in [6, 6.07) is 6.05. The number of quaternary nitrogens is 2. The monoisotopic (exact) mass is 200 g/mol. The summed E-state index contributed by atoms with van der Waals surface area (Å²) in [6.45, 7) is 0. The molecule has 6 heteroatoms. The molecule has 0 spiro atoms. The largest absolute Gasteiger partial charge is 0.595 e. The fourth-order valence-electron chi connectivity index (χ4n) is 0.978. The summed E-state index contributed by atoms with van der Waals surface area (Å²) >= 11 is 0. The summed E-state index contributed by atoms with van der Waals surface area (Å²) in [5, 5.41) is 21.2. The highest BCUT2D eigenvalue weighted by atomic mass is 16.9. The van der Waals surface area contributed by atoms with E-state index in [4.69, 9.17) is 0 Å². The average Bonchev–Trinajstić information content (AvgIpc) is 2.27. The van der Waals surface area contributed by atoms with Crippen LogP contribution >= 0.6 is 0 Å². The Morgan fingerprint density at radius 2 is 1.14 bits per heavy atom. The molecule has 6 nitrogen and oxygen atoms in total. The number of hydrogen-bond acceptors (Lipinski definition) is 4. The summed E-state index contributed by atoms with van der Waals surface area (Å²) in [7, 11) is 2.60. The van der Waals surface area contributed by atoms with Crippen LogP contribution < -0.4 is 10.5 Å². The van der Waals surface area contributed by atoms with E-state index in [-0.39, 0.29) is 0 Å². The zero-order valence-corrected chi connectivity index (χ0v) is 7.94. The van der Waals surface area contributed by atoms with Crippen molar-refractivity contribution in [2.45, 2.75) is 0 Å². The predicted octanol–water partition coefficient (Wildman–Crippen LogP) is -1.16. The van der Waals surface area contributed by atoms with Gasteiger partial charge in [0.15, 0.2) is 11.4 Å². The first-order chi connectivity index (χ1) is 6.69. The second kappa shape index (κ2) is 5.01. The highest BCUT2D eigenvalue weighted by Gasteiger charge is 2.05. The summed E-state index contributed by atoms with van der Waals surface area (Å²) < 4.78 is 0. The normalized spacial score (nSPS) is 15.1. The van der Waals surface area contributed by atoms with Crippen molar-refractivity contribution >= 4 is 11.4 Å². The van der Waals surface area contributed by atoms with Crippen molar-refractivity contribution in [2.75, 3.05) is 14.2 Å². The van der Waals surface area contributed by atoms with Crippen molar-refractivity contribution in [1.82, 2.24) is 0 Å². The van der Waals surface area contributed by atoms with Crippen LogP contribution in [0.1, 0.15) is 0 Å². The van der Waals surface area contributed by atoms with Crippen molar-refractivity contribution in [3.8, 4) is 0 Å². The van der Waals surface area contributed by atoms with E-state index in [1.807, 2.05) is 0 Å². The Balaban J connectivity index is 2.78. The molecule has 0 bridgehead atoms. The molecule has 0 saturated carbocycles. The minimum absolute atomic E-state index is 0.403. The van der Waals surface area contributed by atoms with Crippen LogP contribution in [0.5, 0.6) is 0 Å². The molecule has 0 fully saturated rings. The fourth-order valence-corrected chi connectivity index (χ4v) is 0.978. The Labute approximate surface area is 81.3 Å². The van der Waals surface area contributed by atoms with E-state index in [0.29, 0.717) is 11.4 Å². The first kappa shape index (κ1) is 11.1. The third-order valence-electron chi connectivity index (χ3n) is 1.73. The van der Waals surface area contributed by atoms with Crippen LogP contribution in [0.15, 0.2) is 24.3 Å². The Bertz CT molecular complexity index is 248. The third-order valence-corrected chi connectivity index (χ3v) is 1.73. The smallest absolute Gasteiger partial charge is 0.164 e. The number of benzene rings is 1. The molecule has 1 aromatic carbocycles. The topological polar surface area (TPSA) is 73.5 Å². The lowest BCUT2D eigenvalue weighted by Gasteiger charge is -2.19. The lowest BCUT2D eigenvalue weighted by atomic mass is 10.3. The highest BCUT2D eigenvalue weighted by Crippen LogP contribution is 2.05. The maximum atomic E-state index is 11.0. The molecule has 0 aliphatic carbocycles. The van der Waals surface area contributed by atoms with E-state index in [0.717, 1.165) is 0 Å². The first-order valence-electron chi connectivity index (χ1n) is 3.95. The molecule has 2 atom stereocenters. The van der Waals surface area contributed by atoms with Gasteiger partial charge in [0.2, 0.25) is 0 Å². The minimum Gasteiger partial charge on any atom is -0.595 e. The van der Waals surface area contributed by atoms with Gasteiger partial charge in [-0.3, -0.25) is 0 Å². The zero-order chi connectivity index (χ0) is 10.6. The Kier molecular flexibility index (Phi) is 3.96. The quantitative estimate of drug-likeness (QED) is 0.601. The first-order valence-corrected chi connectivity index (χ1v) is 3.95. The van der Waals surface area contributed by atoms with Crippen LogP contribution in [0.2, 0.25) is 0 Å². The molecular formula is C8H12N2O4.